The third kappa shape index (κ3) is 6.29. The number of thiophene rings is 1. The summed E-state index contributed by atoms with van der Waals surface area (Å²) in [5, 5.41) is 9.88. The number of rotatable bonds is 9. The number of pyridine rings is 1. The lowest BCUT2D eigenvalue weighted by molar-refractivity contribution is -0.118. The fourth-order valence-electron chi connectivity index (χ4n) is 4.75. The minimum Gasteiger partial charge on any atom is -0.379 e. The third-order valence-corrected chi connectivity index (χ3v) is 8.04. The Balaban J connectivity index is 1.25. The first-order chi connectivity index (χ1) is 17.9. The van der Waals surface area contributed by atoms with Gasteiger partial charge in [-0.3, -0.25) is 14.6 Å². The Hall–Kier alpha value is -3.43. The highest BCUT2D eigenvalue weighted by molar-refractivity contribution is 7.14. The number of nitrogens with one attached hydrogen (secondary N) is 4. The molecular formula is C27H29ClN6O2S. The van der Waals surface area contributed by atoms with E-state index in [1.54, 1.807) is 18.6 Å². The number of benzene rings is 1. The van der Waals surface area contributed by atoms with Crippen LogP contribution in [0.25, 0.3) is 11.0 Å². The van der Waals surface area contributed by atoms with E-state index in [4.69, 9.17) is 11.6 Å². The molecule has 2 amide bonds. The summed E-state index contributed by atoms with van der Waals surface area (Å²) in [4.78, 5) is 39.6. The van der Waals surface area contributed by atoms with Crippen LogP contribution in [0.15, 0.2) is 48.9 Å². The van der Waals surface area contributed by atoms with E-state index in [2.05, 4.69) is 30.9 Å². The Morgan fingerprint density at radius 2 is 2.00 bits per heavy atom. The molecule has 0 saturated heterocycles. The minimum atomic E-state index is -0.614. The van der Waals surface area contributed by atoms with Gasteiger partial charge in [0.2, 0.25) is 5.91 Å². The Morgan fingerprint density at radius 1 is 1.16 bits per heavy atom. The van der Waals surface area contributed by atoms with E-state index in [9.17, 15) is 9.59 Å². The van der Waals surface area contributed by atoms with Crippen LogP contribution in [-0.4, -0.2) is 32.8 Å². The van der Waals surface area contributed by atoms with E-state index in [0.29, 0.717) is 34.5 Å². The molecule has 1 atom stereocenters. The SMILES string of the molecule is Cc1ncc(Cl)cc1NCc1ccc(C(=O)NC(CC2CCCC2)C(=O)Nc2ccc3nc[nH]c3c2)s1. The number of hydrogen-bond acceptors (Lipinski definition) is 6. The smallest absolute Gasteiger partial charge is 0.262 e. The quantitative estimate of drug-likeness (QED) is 0.212. The molecule has 1 fully saturated rings. The van der Waals surface area contributed by atoms with Crippen LogP contribution in [0.1, 0.15) is 52.3 Å². The molecule has 1 aliphatic rings. The predicted octanol–water partition coefficient (Wildman–Crippen LogP) is 5.91. The van der Waals surface area contributed by atoms with Gasteiger partial charge in [0, 0.05) is 23.3 Å². The fraction of sp³-hybridized carbons (Fsp3) is 0.333. The first-order valence-electron chi connectivity index (χ1n) is 12.4. The van der Waals surface area contributed by atoms with Gasteiger partial charge < -0.3 is 20.9 Å². The molecule has 192 valence electrons. The molecule has 0 spiro atoms. The van der Waals surface area contributed by atoms with Crippen LogP contribution in [0.3, 0.4) is 0 Å². The van der Waals surface area contributed by atoms with E-state index < -0.39 is 6.04 Å². The number of amides is 2. The molecule has 3 heterocycles. The number of aromatic nitrogens is 3. The summed E-state index contributed by atoms with van der Waals surface area (Å²) in [6.07, 6.45) is 8.39. The van der Waals surface area contributed by atoms with Gasteiger partial charge in [-0.05, 0) is 55.7 Å². The summed E-state index contributed by atoms with van der Waals surface area (Å²) < 4.78 is 0. The molecule has 1 unspecified atom stereocenters. The summed E-state index contributed by atoms with van der Waals surface area (Å²) in [6, 6.07) is 10.5. The molecular weight excluding hydrogens is 508 g/mol. The second-order valence-electron chi connectivity index (χ2n) is 9.44. The maximum Gasteiger partial charge on any atom is 0.262 e. The number of imidazole rings is 1. The van der Waals surface area contributed by atoms with E-state index in [0.717, 1.165) is 40.1 Å². The first kappa shape index (κ1) is 25.2. The molecule has 4 N–H and O–H groups in total. The molecule has 0 aliphatic heterocycles. The molecule has 1 aromatic carbocycles. The topological polar surface area (TPSA) is 112 Å². The maximum absolute atomic E-state index is 13.3. The van der Waals surface area contributed by atoms with Crippen LogP contribution in [0.4, 0.5) is 11.4 Å². The van der Waals surface area contributed by atoms with Gasteiger partial charge in [-0.15, -0.1) is 11.3 Å². The van der Waals surface area contributed by atoms with Gasteiger partial charge in [-0.1, -0.05) is 37.3 Å². The lowest BCUT2D eigenvalue weighted by Gasteiger charge is -2.21. The van der Waals surface area contributed by atoms with Crippen molar-refractivity contribution < 1.29 is 9.59 Å². The zero-order valence-corrected chi connectivity index (χ0v) is 22.1. The van der Waals surface area contributed by atoms with Gasteiger partial charge >= 0.3 is 0 Å². The number of hydrogen-bond donors (Lipinski definition) is 4. The Labute approximate surface area is 224 Å². The van der Waals surface area contributed by atoms with E-state index in [-0.39, 0.29) is 11.8 Å². The predicted molar refractivity (Wildman–Crippen MR) is 148 cm³/mol. The van der Waals surface area contributed by atoms with Crippen LogP contribution < -0.4 is 16.0 Å². The van der Waals surface area contributed by atoms with Crippen LogP contribution >= 0.6 is 22.9 Å². The zero-order valence-electron chi connectivity index (χ0n) is 20.5. The number of fused-ring (bicyclic) bond motifs is 1. The second kappa shape index (κ2) is 11.3. The van der Waals surface area contributed by atoms with E-state index in [1.165, 1.54) is 24.2 Å². The van der Waals surface area contributed by atoms with Crippen molar-refractivity contribution >= 4 is 57.2 Å². The highest BCUT2D eigenvalue weighted by Gasteiger charge is 2.27. The number of carbonyl (C=O) groups is 2. The van der Waals surface area contributed by atoms with Crippen molar-refractivity contribution in [3.8, 4) is 0 Å². The van der Waals surface area contributed by atoms with Crippen molar-refractivity contribution in [2.75, 3.05) is 10.6 Å². The molecule has 1 aliphatic carbocycles. The number of H-pyrrole nitrogens is 1. The Morgan fingerprint density at radius 3 is 2.84 bits per heavy atom. The molecule has 3 aromatic heterocycles. The Bertz CT molecular complexity index is 1410. The van der Waals surface area contributed by atoms with E-state index >= 15 is 0 Å². The standard InChI is InChI=1S/C27H29ClN6O2S/c1-16-22(11-18(28)13-29-16)30-14-20-7-9-25(37-20)27(36)34-24(10-17-4-2-3-5-17)26(35)33-19-6-8-21-23(12-19)32-15-31-21/h6-9,11-13,15,17,24,30H,2-5,10,14H2,1H3,(H,31,32)(H,33,35)(H,34,36). The summed E-state index contributed by atoms with van der Waals surface area (Å²) in [5.74, 6) is -0.00991. The number of nitrogens with zero attached hydrogens (tertiary/aromatic N) is 2. The lowest BCUT2D eigenvalue weighted by atomic mass is 9.97. The van der Waals surface area contributed by atoms with Crippen LogP contribution in [0.5, 0.6) is 0 Å². The number of anilines is 2. The van der Waals surface area contributed by atoms with Crippen molar-refractivity contribution in [2.45, 2.75) is 51.6 Å². The third-order valence-electron chi connectivity index (χ3n) is 6.75. The number of carbonyl (C=O) groups excluding carboxylic acids is 2. The summed E-state index contributed by atoms with van der Waals surface area (Å²) in [5.41, 5.74) is 4.05. The van der Waals surface area contributed by atoms with Gasteiger partial charge in [0.1, 0.15) is 6.04 Å². The summed E-state index contributed by atoms with van der Waals surface area (Å²) in [6.45, 7) is 2.46. The number of aromatic amines is 1. The average molecular weight is 537 g/mol. The average Bonchev–Trinajstić information content (AvgIpc) is 3.66. The lowest BCUT2D eigenvalue weighted by Crippen LogP contribution is -2.44. The molecule has 5 rings (SSSR count). The van der Waals surface area contributed by atoms with Gasteiger partial charge in [0.05, 0.1) is 38.6 Å². The van der Waals surface area contributed by atoms with Crippen molar-refractivity contribution in [1.82, 2.24) is 20.3 Å². The highest BCUT2D eigenvalue weighted by atomic mass is 35.5. The molecule has 0 radical (unpaired) electrons. The minimum absolute atomic E-state index is 0.207. The van der Waals surface area contributed by atoms with Gasteiger partial charge in [-0.2, -0.15) is 0 Å². The zero-order chi connectivity index (χ0) is 25.8. The molecule has 1 saturated carbocycles. The van der Waals surface area contributed by atoms with Crippen molar-refractivity contribution in [3.05, 3.63) is 69.4 Å². The molecule has 10 heteroatoms. The molecule has 4 aromatic rings. The number of aryl methyl sites for hydroxylation is 1. The summed E-state index contributed by atoms with van der Waals surface area (Å²) in [7, 11) is 0. The second-order valence-corrected chi connectivity index (χ2v) is 11.0. The first-order valence-corrected chi connectivity index (χ1v) is 13.6. The van der Waals surface area contributed by atoms with Crippen molar-refractivity contribution in [1.29, 1.82) is 0 Å². The van der Waals surface area contributed by atoms with Gasteiger partial charge in [0.25, 0.3) is 5.91 Å². The van der Waals surface area contributed by atoms with Crippen LogP contribution in [0.2, 0.25) is 5.02 Å². The van der Waals surface area contributed by atoms with Crippen LogP contribution in [0, 0.1) is 12.8 Å². The van der Waals surface area contributed by atoms with Gasteiger partial charge in [0.15, 0.2) is 0 Å². The monoisotopic (exact) mass is 536 g/mol. The number of halogens is 1. The van der Waals surface area contributed by atoms with Crippen LogP contribution in [-0.2, 0) is 11.3 Å². The maximum atomic E-state index is 13.3. The highest BCUT2D eigenvalue weighted by Crippen LogP contribution is 2.29. The van der Waals surface area contributed by atoms with Crippen molar-refractivity contribution in [2.24, 2.45) is 5.92 Å². The summed E-state index contributed by atoms with van der Waals surface area (Å²) >= 11 is 7.46. The van der Waals surface area contributed by atoms with Gasteiger partial charge in [-0.25, -0.2) is 4.98 Å². The van der Waals surface area contributed by atoms with E-state index in [1.807, 2.05) is 37.3 Å². The molecule has 37 heavy (non-hydrogen) atoms. The molecule has 8 nitrogen and oxygen atoms in total. The normalized spacial score (nSPS) is 14.5. The molecule has 0 bridgehead atoms. The largest absolute Gasteiger partial charge is 0.379 e. The van der Waals surface area contributed by atoms with Crippen molar-refractivity contribution in [3.63, 3.8) is 0 Å². The fourth-order valence-corrected chi connectivity index (χ4v) is 5.76. The Kier molecular flexibility index (Phi) is 7.71.